The van der Waals surface area contributed by atoms with Gasteiger partial charge >= 0.3 is 0 Å². The van der Waals surface area contributed by atoms with Gasteiger partial charge in [-0.25, -0.2) is 4.98 Å². The third-order valence-electron chi connectivity index (χ3n) is 3.99. The third-order valence-corrected chi connectivity index (χ3v) is 3.99. The molecule has 1 N–H and O–H groups in total. The molecule has 1 unspecified atom stereocenters. The van der Waals surface area contributed by atoms with E-state index in [9.17, 15) is 0 Å². The second-order valence-electron chi connectivity index (χ2n) is 5.44. The van der Waals surface area contributed by atoms with E-state index >= 15 is 0 Å². The number of anilines is 1. The van der Waals surface area contributed by atoms with E-state index in [1.807, 2.05) is 24.4 Å². The molecule has 0 bridgehead atoms. The second-order valence-corrected chi connectivity index (χ2v) is 5.44. The number of methoxy groups -OCH3 is 1. The highest BCUT2D eigenvalue weighted by Gasteiger charge is 2.27. The summed E-state index contributed by atoms with van der Waals surface area (Å²) in [5.74, 6) is 3.47. The van der Waals surface area contributed by atoms with Gasteiger partial charge in [0.05, 0.1) is 7.11 Å². The maximum atomic E-state index is 5.30. The Morgan fingerprint density at radius 2 is 2.21 bits per heavy atom. The normalized spacial score (nSPS) is 16.3. The molecule has 19 heavy (non-hydrogen) atoms. The Morgan fingerprint density at radius 3 is 2.95 bits per heavy atom. The molecule has 1 fully saturated rings. The zero-order valence-corrected chi connectivity index (χ0v) is 11.5. The molecular weight excluding hydrogens is 236 g/mol. The fourth-order valence-electron chi connectivity index (χ4n) is 2.50. The predicted octanol–water partition coefficient (Wildman–Crippen LogP) is 3.70. The first-order chi connectivity index (χ1) is 9.28. The van der Waals surface area contributed by atoms with Crippen molar-refractivity contribution >= 4 is 16.6 Å². The fourth-order valence-corrected chi connectivity index (χ4v) is 2.50. The molecule has 1 aromatic heterocycles. The quantitative estimate of drug-likeness (QED) is 0.885. The van der Waals surface area contributed by atoms with Crippen LogP contribution in [0, 0.1) is 11.8 Å². The molecule has 0 aliphatic heterocycles. The van der Waals surface area contributed by atoms with E-state index in [2.05, 4.69) is 23.3 Å². The third kappa shape index (κ3) is 2.65. The summed E-state index contributed by atoms with van der Waals surface area (Å²) < 4.78 is 5.30. The van der Waals surface area contributed by atoms with E-state index in [1.165, 1.54) is 18.2 Å². The van der Waals surface area contributed by atoms with Gasteiger partial charge in [0.1, 0.15) is 11.6 Å². The first-order valence-electron chi connectivity index (χ1n) is 6.94. The van der Waals surface area contributed by atoms with E-state index < -0.39 is 0 Å². The predicted molar refractivity (Wildman–Crippen MR) is 78.7 cm³/mol. The Kier molecular flexibility index (Phi) is 3.28. The summed E-state index contributed by atoms with van der Waals surface area (Å²) >= 11 is 0. The second kappa shape index (κ2) is 5.08. The number of fused-ring (bicyclic) bond motifs is 1. The maximum absolute atomic E-state index is 5.30. The Balaban J connectivity index is 1.84. The van der Waals surface area contributed by atoms with Crippen LogP contribution in [0.4, 0.5) is 5.82 Å². The highest BCUT2D eigenvalue weighted by atomic mass is 16.5. The lowest BCUT2D eigenvalue weighted by Crippen LogP contribution is -2.13. The largest absolute Gasteiger partial charge is 0.497 e. The molecule has 2 aromatic rings. The van der Waals surface area contributed by atoms with Crippen LogP contribution in [0.1, 0.15) is 19.8 Å². The SMILES string of the molecule is COc1ccc2ccnc(NCC(C)C3CC3)c2c1. The van der Waals surface area contributed by atoms with Crippen LogP contribution in [0.2, 0.25) is 0 Å². The first-order valence-corrected chi connectivity index (χ1v) is 6.94. The van der Waals surface area contributed by atoms with Crippen LogP contribution in [0.25, 0.3) is 10.8 Å². The zero-order chi connectivity index (χ0) is 13.2. The summed E-state index contributed by atoms with van der Waals surface area (Å²) in [4.78, 5) is 4.47. The molecule has 1 aliphatic rings. The minimum absolute atomic E-state index is 0.725. The van der Waals surface area contributed by atoms with Gasteiger partial charge in [0, 0.05) is 18.1 Å². The summed E-state index contributed by atoms with van der Waals surface area (Å²) in [7, 11) is 1.69. The number of rotatable bonds is 5. The van der Waals surface area contributed by atoms with Crippen molar-refractivity contribution in [1.29, 1.82) is 0 Å². The molecule has 3 heteroatoms. The number of nitrogens with one attached hydrogen (secondary N) is 1. The molecule has 1 aliphatic carbocycles. The number of benzene rings is 1. The zero-order valence-electron chi connectivity index (χ0n) is 11.5. The lowest BCUT2D eigenvalue weighted by molar-refractivity contribution is 0.415. The maximum Gasteiger partial charge on any atom is 0.133 e. The van der Waals surface area contributed by atoms with Crippen LogP contribution in [0.5, 0.6) is 5.75 Å². The molecule has 3 nitrogen and oxygen atoms in total. The van der Waals surface area contributed by atoms with Gasteiger partial charge in [-0.15, -0.1) is 0 Å². The van der Waals surface area contributed by atoms with Gasteiger partial charge in [0.25, 0.3) is 0 Å². The molecule has 1 saturated carbocycles. The summed E-state index contributed by atoms with van der Waals surface area (Å²) in [6, 6.07) is 8.14. The number of aromatic nitrogens is 1. The number of hydrogen-bond acceptors (Lipinski definition) is 3. The lowest BCUT2D eigenvalue weighted by atomic mass is 10.1. The van der Waals surface area contributed by atoms with Gasteiger partial charge in [-0.2, -0.15) is 0 Å². The topological polar surface area (TPSA) is 34.1 Å². The molecule has 0 saturated heterocycles. The van der Waals surface area contributed by atoms with Crippen molar-refractivity contribution < 1.29 is 4.74 Å². The van der Waals surface area contributed by atoms with Gasteiger partial charge in [0.15, 0.2) is 0 Å². The van der Waals surface area contributed by atoms with Gasteiger partial charge in [-0.1, -0.05) is 13.0 Å². The van der Waals surface area contributed by atoms with Crippen molar-refractivity contribution in [1.82, 2.24) is 4.98 Å². The molecule has 1 heterocycles. The average Bonchev–Trinajstić information content (AvgIpc) is 3.28. The lowest BCUT2D eigenvalue weighted by Gasteiger charge is -2.14. The van der Waals surface area contributed by atoms with Gasteiger partial charge < -0.3 is 10.1 Å². The van der Waals surface area contributed by atoms with Crippen molar-refractivity contribution in [3.8, 4) is 5.75 Å². The highest BCUT2D eigenvalue weighted by Crippen LogP contribution is 2.36. The summed E-state index contributed by atoms with van der Waals surface area (Å²) in [5.41, 5.74) is 0. The number of nitrogens with zero attached hydrogens (tertiary/aromatic N) is 1. The van der Waals surface area contributed by atoms with Crippen molar-refractivity contribution in [3.63, 3.8) is 0 Å². The molecule has 100 valence electrons. The Labute approximate surface area is 114 Å². The van der Waals surface area contributed by atoms with Crippen molar-refractivity contribution in [2.24, 2.45) is 11.8 Å². The molecule has 0 spiro atoms. The number of ether oxygens (including phenoxy) is 1. The van der Waals surface area contributed by atoms with Crippen LogP contribution >= 0.6 is 0 Å². The summed E-state index contributed by atoms with van der Waals surface area (Å²) in [6.07, 6.45) is 4.64. The smallest absolute Gasteiger partial charge is 0.133 e. The van der Waals surface area contributed by atoms with Crippen LogP contribution < -0.4 is 10.1 Å². The van der Waals surface area contributed by atoms with Crippen LogP contribution in [-0.2, 0) is 0 Å². The minimum Gasteiger partial charge on any atom is -0.497 e. The van der Waals surface area contributed by atoms with Crippen molar-refractivity contribution in [3.05, 3.63) is 30.5 Å². The van der Waals surface area contributed by atoms with Gasteiger partial charge in [-0.05, 0) is 48.3 Å². The molecule has 1 atom stereocenters. The van der Waals surface area contributed by atoms with Crippen molar-refractivity contribution in [2.75, 3.05) is 19.0 Å². The number of hydrogen-bond donors (Lipinski definition) is 1. The van der Waals surface area contributed by atoms with E-state index in [1.54, 1.807) is 7.11 Å². The Morgan fingerprint density at radius 1 is 1.37 bits per heavy atom. The molecule has 3 rings (SSSR count). The Bertz CT molecular complexity index is 578. The molecule has 1 aromatic carbocycles. The van der Waals surface area contributed by atoms with Crippen molar-refractivity contribution in [2.45, 2.75) is 19.8 Å². The fraction of sp³-hybridized carbons (Fsp3) is 0.438. The van der Waals surface area contributed by atoms with Gasteiger partial charge in [0.2, 0.25) is 0 Å². The summed E-state index contributed by atoms with van der Waals surface area (Å²) in [6.45, 7) is 3.31. The van der Waals surface area contributed by atoms with Crippen LogP contribution in [0.15, 0.2) is 30.5 Å². The average molecular weight is 256 g/mol. The summed E-state index contributed by atoms with van der Waals surface area (Å²) in [5, 5.41) is 5.81. The molecular formula is C16H20N2O. The monoisotopic (exact) mass is 256 g/mol. The first kappa shape index (κ1) is 12.3. The minimum atomic E-state index is 0.725. The Hall–Kier alpha value is -1.77. The van der Waals surface area contributed by atoms with E-state index in [-0.39, 0.29) is 0 Å². The molecule has 0 radical (unpaired) electrons. The van der Waals surface area contributed by atoms with Gasteiger partial charge in [-0.3, -0.25) is 0 Å². The number of pyridine rings is 1. The highest BCUT2D eigenvalue weighted by molar-refractivity contribution is 5.92. The molecule has 0 amide bonds. The standard InChI is InChI=1S/C16H20N2O/c1-11(12-3-4-12)10-18-16-15-9-14(19-2)6-5-13(15)7-8-17-16/h5-9,11-12H,3-4,10H2,1-2H3,(H,17,18). The van der Waals surface area contributed by atoms with E-state index in [0.717, 1.165) is 35.3 Å². The van der Waals surface area contributed by atoms with Crippen LogP contribution in [0.3, 0.4) is 0 Å². The van der Waals surface area contributed by atoms with E-state index in [0.29, 0.717) is 0 Å². The van der Waals surface area contributed by atoms with Crippen LogP contribution in [-0.4, -0.2) is 18.6 Å². The van der Waals surface area contributed by atoms with E-state index in [4.69, 9.17) is 4.74 Å².